The topological polar surface area (TPSA) is 130 Å². The summed E-state index contributed by atoms with van der Waals surface area (Å²) in [6.07, 6.45) is 3.08. The predicted molar refractivity (Wildman–Crippen MR) is 81.1 cm³/mol. The van der Waals surface area contributed by atoms with Crippen molar-refractivity contribution in [2.75, 3.05) is 18.2 Å². The molecule has 3 N–H and O–H groups in total. The molecule has 122 valence electrons. The number of aromatic nitrogens is 4. The lowest BCUT2D eigenvalue weighted by Gasteiger charge is -2.18. The maximum absolute atomic E-state index is 11.2. The lowest BCUT2D eigenvalue weighted by atomic mass is 10.0. The van der Waals surface area contributed by atoms with Gasteiger partial charge in [0.25, 0.3) is 0 Å². The average molecular weight is 329 g/mol. The molecule has 2 unspecified atom stereocenters. The van der Waals surface area contributed by atoms with Crippen molar-refractivity contribution in [3.05, 3.63) is 6.33 Å². The predicted octanol–water partition coefficient (Wildman–Crippen LogP) is 0.510. The highest BCUT2D eigenvalue weighted by molar-refractivity contribution is 7.86. The SMILES string of the molecule is CC(CO)CC(C)Nc1nc(OS(C)(=O)=O)nc2nc[nH]c12. The van der Waals surface area contributed by atoms with Crippen molar-refractivity contribution in [3.63, 3.8) is 0 Å². The van der Waals surface area contributed by atoms with Gasteiger partial charge in [-0.05, 0) is 19.3 Å². The summed E-state index contributed by atoms with van der Waals surface area (Å²) in [5.74, 6) is 0.534. The van der Waals surface area contributed by atoms with E-state index in [9.17, 15) is 8.42 Å². The quantitative estimate of drug-likeness (QED) is 0.626. The van der Waals surface area contributed by atoms with Crippen molar-refractivity contribution in [2.24, 2.45) is 5.92 Å². The second-order valence-corrected chi connectivity index (χ2v) is 6.89. The minimum absolute atomic E-state index is 0.00892. The third kappa shape index (κ3) is 4.28. The highest BCUT2D eigenvalue weighted by atomic mass is 32.2. The number of imidazole rings is 1. The fourth-order valence-corrected chi connectivity index (χ4v) is 2.41. The van der Waals surface area contributed by atoms with E-state index in [-0.39, 0.29) is 24.6 Å². The zero-order valence-electron chi connectivity index (χ0n) is 12.6. The van der Waals surface area contributed by atoms with Crippen LogP contribution in [-0.4, -0.2) is 52.4 Å². The first-order chi connectivity index (χ1) is 10.3. The van der Waals surface area contributed by atoms with Crippen LogP contribution in [0, 0.1) is 5.92 Å². The van der Waals surface area contributed by atoms with Crippen LogP contribution in [0.25, 0.3) is 11.2 Å². The number of nitrogens with zero attached hydrogens (tertiary/aromatic N) is 3. The van der Waals surface area contributed by atoms with Crippen molar-refractivity contribution in [1.29, 1.82) is 0 Å². The summed E-state index contributed by atoms with van der Waals surface area (Å²) in [5, 5.41) is 12.3. The van der Waals surface area contributed by atoms with E-state index >= 15 is 0 Å². The van der Waals surface area contributed by atoms with Gasteiger partial charge in [0, 0.05) is 12.6 Å². The molecule has 10 heteroatoms. The standard InChI is InChI=1S/C12H19N5O4S/c1-7(5-18)4-8(2)15-11-9-10(14-6-13-9)16-12(17-11)21-22(3,19)20/h6-8,18H,4-5H2,1-3H3,(H2,13,14,15,16,17). The molecule has 0 bridgehead atoms. The van der Waals surface area contributed by atoms with E-state index in [4.69, 9.17) is 9.29 Å². The molecule has 2 heterocycles. The van der Waals surface area contributed by atoms with Gasteiger partial charge in [0.1, 0.15) is 5.52 Å². The molecule has 2 aromatic heterocycles. The molecule has 0 saturated carbocycles. The number of aliphatic hydroxyl groups is 1. The second kappa shape index (κ2) is 6.44. The fraction of sp³-hybridized carbons (Fsp3) is 0.583. The van der Waals surface area contributed by atoms with E-state index in [1.165, 1.54) is 6.33 Å². The summed E-state index contributed by atoms with van der Waals surface area (Å²) in [7, 11) is -3.72. The lowest BCUT2D eigenvalue weighted by molar-refractivity contribution is 0.226. The van der Waals surface area contributed by atoms with Gasteiger partial charge in [-0.2, -0.15) is 18.4 Å². The minimum Gasteiger partial charge on any atom is -0.396 e. The first kappa shape index (κ1) is 16.4. The van der Waals surface area contributed by atoms with E-state index in [1.54, 1.807) is 0 Å². The monoisotopic (exact) mass is 329 g/mol. The van der Waals surface area contributed by atoms with Crippen LogP contribution in [0.5, 0.6) is 6.01 Å². The van der Waals surface area contributed by atoms with E-state index in [1.807, 2.05) is 13.8 Å². The van der Waals surface area contributed by atoms with Crippen LogP contribution in [-0.2, 0) is 10.1 Å². The third-order valence-corrected chi connectivity index (χ3v) is 3.39. The second-order valence-electron chi connectivity index (χ2n) is 5.31. The van der Waals surface area contributed by atoms with E-state index < -0.39 is 10.1 Å². The Balaban J connectivity index is 2.29. The maximum Gasteiger partial charge on any atom is 0.337 e. The van der Waals surface area contributed by atoms with Crippen LogP contribution in [0.15, 0.2) is 6.33 Å². The summed E-state index contributed by atoms with van der Waals surface area (Å²) in [4.78, 5) is 14.9. The minimum atomic E-state index is -3.72. The molecule has 0 aliphatic carbocycles. The molecule has 0 aliphatic rings. The van der Waals surface area contributed by atoms with Gasteiger partial charge in [0.05, 0.1) is 12.6 Å². The van der Waals surface area contributed by atoms with Crippen LogP contribution in [0.2, 0.25) is 0 Å². The Morgan fingerprint density at radius 3 is 2.77 bits per heavy atom. The molecule has 0 aliphatic heterocycles. The van der Waals surface area contributed by atoms with E-state index in [0.717, 1.165) is 12.7 Å². The summed E-state index contributed by atoms with van der Waals surface area (Å²) in [6.45, 7) is 3.97. The van der Waals surface area contributed by atoms with Gasteiger partial charge in [0.15, 0.2) is 11.5 Å². The molecular weight excluding hydrogens is 310 g/mol. The first-order valence-corrected chi connectivity index (χ1v) is 8.58. The van der Waals surface area contributed by atoms with Crippen molar-refractivity contribution < 1.29 is 17.7 Å². The Bertz CT molecular complexity index is 745. The third-order valence-electron chi connectivity index (χ3n) is 2.94. The molecule has 2 aromatic rings. The highest BCUT2D eigenvalue weighted by Crippen LogP contribution is 2.22. The number of nitrogens with one attached hydrogen (secondary N) is 2. The molecule has 9 nitrogen and oxygen atoms in total. The summed E-state index contributed by atoms with van der Waals surface area (Å²) < 4.78 is 27.1. The van der Waals surface area contributed by atoms with Crippen molar-refractivity contribution in [2.45, 2.75) is 26.3 Å². The maximum atomic E-state index is 11.2. The molecule has 0 spiro atoms. The summed E-state index contributed by atoms with van der Waals surface area (Å²) in [5.41, 5.74) is 0.864. The van der Waals surface area contributed by atoms with Crippen LogP contribution in [0.4, 0.5) is 5.82 Å². The molecule has 0 saturated heterocycles. The molecule has 2 atom stereocenters. The summed E-state index contributed by atoms with van der Waals surface area (Å²) in [6, 6.07) is -0.276. The van der Waals surface area contributed by atoms with Crippen LogP contribution in [0.3, 0.4) is 0 Å². The Labute approximate surface area is 128 Å². The van der Waals surface area contributed by atoms with Gasteiger partial charge < -0.3 is 19.6 Å². The largest absolute Gasteiger partial charge is 0.396 e. The number of aliphatic hydroxyl groups excluding tert-OH is 1. The van der Waals surface area contributed by atoms with E-state index in [2.05, 4.69) is 25.3 Å². The van der Waals surface area contributed by atoms with Crippen LogP contribution >= 0.6 is 0 Å². The Morgan fingerprint density at radius 1 is 1.41 bits per heavy atom. The molecule has 0 radical (unpaired) electrons. The van der Waals surface area contributed by atoms with Crippen molar-refractivity contribution in [3.8, 4) is 6.01 Å². The molecule has 2 rings (SSSR count). The fourth-order valence-electron chi connectivity index (χ4n) is 2.06. The van der Waals surface area contributed by atoms with Gasteiger partial charge in [0.2, 0.25) is 0 Å². The van der Waals surface area contributed by atoms with Crippen LogP contribution in [0.1, 0.15) is 20.3 Å². The number of H-pyrrole nitrogens is 1. The van der Waals surface area contributed by atoms with Gasteiger partial charge in [-0.15, -0.1) is 0 Å². The summed E-state index contributed by atoms with van der Waals surface area (Å²) >= 11 is 0. The van der Waals surface area contributed by atoms with E-state index in [0.29, 0.717) is 17.0 Å². The van der Waals surface area contributed by atoms with Gasteiger partial charge in [-0.3, -0.25) is 0 Å². The van der Waals surface area contributed by atoms with Gasteiger partial charge >= 0.3 is 16.1 Å². The Kier molecular flexibility index (Phi) is 4.81. The zero-order valence-corrected chi connectivity index (χ0v) is 13.4. The van der Waals surface area contributed by atoms with Gasteiger partial charge in [-0.1, -0.05) is 6.92 Å². The number of rotatable bonds is 7. The first-order valence-electron chi connectivity index (χ1n) is 6.76. The lowest BCUT2D eigenvalue weighted by Crippen LogP contribution is -2.21. The Hall–Kier alpha value is -1.94. The molecule has 22 heavy (non-hydrogen) atoms. The average Bonchev–Trinajstić information content (AvgIpc) is 2.84. The normalized spacial score (nSPS) is 14.7. The van der Waals surface area contributed by atoms with Crippen molar-refractivity contribution >= 4 is 27.1 Å². The zero-order chi connectivity index (χ0) is 16.3. The number of anilines is 1. The van der Waals surface area contributed by atoms with Crippen LogP contribution < -0.4 is 9.50 Å². The van der Waals surface area contributed by atoms with Crippen molar-refractivity contribution in [1.82, 2.24) is 19.9 Å². The highest BCUT2D eigenvalue weighted by Gasteiger charge is 2.16. The number of hydrogen-bond donors (Lipinski definition) is 3. The smallest absolute Gasteiger partial charge is 0.337 e. The number of fused-ring (bicyclic) bond motifs is 1. The number of aromatic amines is 1. The van der Waals surface area contributed by atoms with Gasteiger partial charge in [-0.25, -0.2) is 4.98 Å². The molecule has 0 amide bonds. The molecule has 0 fully saturated rings. The molecule has 0 aromatic carbocycles. The molecular formula is C12H19N5O4S. The Morgan fingerprint density at radius 2 is 2.14 bits per heavy atom. The number of hydrogen-bond acceptors (Lipinski definition) is 8.